The number of likely N-dealkylation sites (tertiary alicyclic amines) is 1. The number of hydrogen-bond acceptors (Lipinski definition) is 4. The van der Waals surface area contributed by atoms with Gasteiger partial charge in [0.2, 0.25) is 5.91 Å². The zero-order chi connectivity index (χ0) is 14.3. The van der Waals surface area contributed by atoms with Gasteiger partial charge in [-0.25, -0.2) is 0 Å². The molecule has 20 heavy (non-hydrogen) atoms. The van der Waals surface area contributed by atoms with Gasteiger partial charge in [-0.05, 0) is 18.9 Å². The van der Waals surface area contributed by atoms with Gasteiger partial charge in [0.05, 0.1) is 18.0 Å². The van der Waals surface area contributed by atoms with Gasteiger partial charge in [0.15, 0.2) is 0 Å². The Morgan fingerprint density at radius 1 is 1.40 bits per heavy atom. The molecule has 0 N–H and O–H groups in total. The second-order valence-corrected chi connectivity index (χ2v) is 5.96. The highest BCUT2D eigenvalue weighted by Crippen LogP contribution is 2.59. The molecule has 2 amide bonds. The first-order valence-corrected chi connectivity index (χ1v) is 6.81. The third-order valence-electron chi connectivity index (χ3n) is 4.43. The Balaban J connectivity index is 1.67. The Bertz CT molecular complexity index is 545. The molecular formula is C14H18N4O2. The lowest BCUT2D eigenvalue weighted by molar-refractivity contribution is -0.130. The van der Waals surface area contributed by atoms with E-state index in [9.17, 15) is 9.59 Å². The Morgan fingerprint density at radius 2 is 2.20 bits per heavy atom. The van der Waals surface area contributed by atoms with Gasteiger partial charge in [0.1, 0.15) is 0 Å². The van der Waals surface area contributed by atoms with Crippen molar-refractivity contribution in [2.75, 3.05) is 27.2 Å². The van der Waals surface area contributed by atoms with E-state index in [1.807, 2.05) is 4.90 Å². The SMILES string of the molecule is CN(C)C(=O)C1CC12CCN(C(=O)c1ccnnc1)C2. The number of aromatic nitrogens is 2. The third kappa shape index (κ3) is 2.05. The number of nitrogens with zero attached hydrogens (tertiary/aromatic N) is 4. The fourth-order valence-corrected chi connectivity index (χ4v) is 3.13. The van der Waals surface area contributed by atoms with Gasteiger partial charge in [-0.1, -0.05) is 0 Å². The zero-order valence-electron chi connectivity index (χ0n) is 11.7. The summed E-state index contributed by atoms with van der Waals surface area (Å²) in [5, 5.41) is 7.42. The average molecular weight is 274 g/mol. The Morgan fingerprint density at radius 3 is 2.85 bits per heavy atom. The van der Waals surface area contributed by atoms with Crippen molar-refractivity contribution in [3.63, 3.8) is 0 Å². The minimum Gasteiger partial charge on any atom is -0.349 e. The van der Waals surface area contributed by atoms with Crippen LogP contribution in [0.2, 0.25) is 0 Å². The summed E-state index contributed by atoms with van der Waals surface area (Å²) in [5.41, 5.74) is 0.588. The Kier molecular flexibility index (Phi) is 2.96. The fraction of sp³-hybridized carbons (Fsp3) is 0.571. The van der Waals surface area contributed by atoms with E-state index in [1.54, 1.807) is 25.1 Å². The largest absolute Gasteiger partial charge is 0.349 e. The van der Waals surface area contributed by atoms with Gasteiger partial charge in [0, 0.05) is 38.5 Å². The van der Waals surface area contributed by atoms with Crippen molar-refractivity contribution in [1.29, 1.82) is 0 Å². The number of carbonyl (C=O) groups excluding carboxylic acids is 2. The molecule has 3 rings (SSSR count). The number of rotatable bonds is 2. The van der Waals surface area contributed by atoms with Crippen LogP contribution in [0, 0.1) is 11.3 Å². The van der Waals surface area contributed by atoms with E-state index < -0.39 is 0 Å². The van der Waals surface area contributed by atoms with Crippen LogP contribution < -0.4 is 0 Å². The summed E-state index contributed by atoms with van der Waals surface area (Å²) in [5.74, 6) is 0.260. The van der Waals surface area contributed by atoms with Gasteiger partial charge in [-0.3, -0.25) is 9.59 Å². The van der Waals surface area contributed by atoms with Crippen molar-refractivity contribution in [2.45, 2.75) is 12.8 Å². The topological polar surface area (TPSA) is 66.4 Å². The smallest absolute Gasteiger partial charge is 0.255 e. The predicted molar refractivity (Wildman–Crippen MR) is 71.8 cm³/mol. The molecule has 1 aromatic rings. The predicted octanol–water partition coefficient (Wildman–Crippen LogP) is 0.417. The molecule has 2 unspecified atom stereocenters. The van der Waals surface area contributed by atoms with Crippen LogP contribution in [0.5, 0.6) is 0 Å². The van der Waals surface area contributed by atoms with E-state index in [0.29, 0.717) is 12.1 Å². The third-order valence-corrected chi connectivity index (χ3v) is 4.43. The molecule has 6 nitrogen and oxygen atoms in total. The van der Waals surface area contributed by atoms with Crippen molar-refractivity contribution in [3.8, 4) is 0 Å². The lowest BCUT2D eigenvalue weighted by Crippen LogP contribution is -2.31. The number of hydrogen-bond donors (Lipinski definition) is 0. The molecular weight excluding hydrogens is 256 g/mol. The van der Waals surface area contributed by atoms with Gasteiger partial charge >= 0.3 is 0 Å². The van der Waals surface area contributed by atoms with Crippen LogP contribution >= 0.6 is 0 Å². The van der Waals surface area contributed by atoms with Crippen LogP contribution in [-0.4, -0.2) is 59.0 Å². The van der Waals surface area contributed by atoms with Crippen LogP contribution in [0.15, 0.2) is 18.5 Å². The lowest BCUT2D eigenvalue weighted by atomic mass is 10.0. The molecule has 2 fully saturated rings. The first kappa shape index (κ1) is 13.0. The van der Waals surface area contributed by atoms with E-state index in [4.69, 9.17) is 0 Å². The zero-order valence-corrected chi connectivity index (χ0v) is 11.7. The van der Waals surface area contributed by atoms with E-state index in [2.05, 4.69) is 10.2 Å². The van der Waals surface area contributed by atoms with E-state index >= 15 is 0 Å². The quantitative estimate of drug-likeness (QED) is 0.784. The normalized spacial score (nSPS) is 27.7. The molecule has 0 bridgehead atoms. The maximum absolute atomic E-state index is 12.3. The maximum Gasteiger partial charge on any atom is 0.255 e. The minimum atomic E-state index is -0.0141. The summed E-state index contributed by atoms with van der Waals surface area (Å²) in [6.07, 6.45) is 4.83. The van der Waals surface area contributed by atoms with Crippen molar-refractivity contribution in [1.82, 2.24) is 20.0 Å². The van der Waals surface area contributed by atoms with Gasteiger partial charge in [0.25, 0.3) is 5.91 Å². The summed E-state index contributed by atoms with van der Waals surface area (Å²) in [6, 6.07) is 1.68. The van der Waals surface area contributed by atoms with Crippen molar-refractivity contribution in [2.24, 2.45) is 11.3 Å². The van der Waals surface area contributed by atoms with E-state index in [1.165, 1.54) is 12.4 Å². The van der Waals surface area contributed by atoms with Crippen LogP contribution in [0.25, 0.3) is 0 Å². The van der Waals surface area contributed by atoms with Crippen molar-refractivity contribution < 1.29 is 9.59 Å². The van der Waals surface area contributed by atoms with Crippen molar-refractivity contribution >= 4 is 11.8 Å². The Hall–Kier alpha value is -1.98. The van der Waals surface area contributed by atoms with Crippen LogP contribution in [0.3, 0.4) is 0 Å². The average Bonchev–Trinajstić information content (AvgIpc) is 2.98. The number of carbonyl (C=O) groups is 2. The molecule has 1 aromatic heterocycles. The molecule has 6 heteroatoms. The van der Waals surface area contributed by atoms with Crippen molar-refractivity contribution in [3.05, 3.63) is 24.0 Å². The summed E-state index contributed by atoms with van der Waals surface area (Å²) in [7, 11) is 3.57. The van der Waals surface area contributed by atoms with Gasteiger partial charge < -0.3 is 9.80 Å². The molecule has 0 aromatic carbocycles. The van der Waals surface area contributed by atoms with E-state index in [-0.39, 0.29) is 23.1 Å². The highest BCUT2D eigenvalue weighted by molar-refractivity contribution is 5.94. The second-order valence-electron chi connectivity index (χ2n) is 5.96. The van der Waals surface area contributed by atoms with Crippen LogP contribution in [0.1, 0.15) is 23.2 Å². The maximum atomic E-state index is 12.3. The molecule has 2 heterocycles. The first-order valence-electron chi connectivity index (χ1n) is 6.81. The summed E-state index contributed by atoms with van der Waals surface area (Å²) < 4.78 is 0. The summed E-state index contributed by atoms with van der Waals surface area (Å²) in [4.78, 5) is 27.8. The molecule has 1 spiro atoms. The second kappa shape index (κ2) is 4.54. The first-order chi connectivity index (χ1) is 9.53. The highest BCUT2D eigenvalue weighted by Gasteiger charge is 2.61. The molecule has 1 saturated carbocycles. The lowest BCUT2D eigenvalue weighted by Gasteiger charge is -2.17. The van der Waals surface area contributed by atoms with Gasteiger partial charge in [-0.15, -0.1) is 0 Å². The molecule has 1 saturated heterocycles. The highest BCUT2D eigenvalue weighted by atomic mass is 16.2. The van der Waals surface area contributed by atoms with E-state index in [0.717, 1.165) is 19.4 Å². The molecule has 1 aliphatic heterocycles. The monoisotopic (exact) mass is 274 g/mol. The minimum absolute atomic E-state index is 0.0141. The Labute approximate surface area is 117 Å². The summed E-state index contributed by atoms with van der Waals surface area (Å²) >= 11 is 0. The molecule has 106 valence electrons. The van der Waals surface area contributed by atoms with Crippen LogP contribution in [-0.2, 0) is 4.79 Å². The molecule has 2 aliphatic rings. The molecule has 0 radical (unpaired) electrons. The fourth-order valence-electron chi connectivity index (χ4n) is 3.13. The molecule has 1 aliphatic carbocycles. The summed E-state index contributed by atoms with van der Waals surface area (Å²) in [6.45, 7) is 1.40. The van der Waals surface area contributed by atoms with Crippen LogP contribution in [0.4, 0.5) is 0 Å². The molecule has 2 atom stereocenters. The van der Waals surface area contributed by atoms with Gasteiger partial charge in [-0.2, -0.15) is 10.2 Å². The number of amides is 2. The standard InChI is InChI=1S/C14H18N4O2/c1-17(2)13(20)11-7-14(11)4-6-18(9-14)12(19)10-3-5-15-16-8-10/h3,5,8,11H,4,6-7,9H2,1-2H3.